The molecule has 0 aromatic carbocycles. The molecule has 5 N–H and O–H groups in total. The van der Waals surface area contributed by atoms with Crippen molar-refractivity contribution in [1.82, 2.24) is 19.1 Å². The van der Waals surface area contributed by atoms with Gasteiger partial charge in [0.15, 0.2) is 0 Å². The number of nitrogens with zero attached hydrogens (tertiary/aromatic N) is 2. The van der Waals surface area contributed by atoms with Crippen molar-refractivity contribution in [2.75, 3.05) is 13.2 Å². The van der Waals surface area contributed by atoms with Gasteiger partial charge in [0.25, 0.3) is 11.1 Å². The Balaban J connectivity index is 1.67. The second-order valence-corrected chi connectivity index (χ2v) is 17.1. The molecule has 0 unspecified atom stereocenters. The maximum absolute atomic E-state index is 12.7. The van der Waals surface area contributed by atoms with Crippen LogP contribution in [0.5, 0.6) is 0 Å². The first-order valence-electron chi connectivity index (χ1n) is 15.5. The Morgan fingerprint density at radius 1 is 0.837 bits per heavy atom. The average molecular weight is 737 g/mol. The molecule has 6 atom stereocenters. The van der Waals surface area contributed by atoms with Gasteiger partial charge in [-0.25, -0.2) is 14.2 Å². The van der Waals surface area contributed by atoms with Gasteiger partial charge in [0.05, 0.1) is 36.6 Å². The number of aliphatic hydroxyl groups excluding tert-OH is 1. The number of aromatic nitrogens is 4. The number of phosphoric acid groups is 1. The molecule has 21 heteroatoms. The van der Waals surface area contributed by atoms with Crippen LogP contribution >= 0.6 is 7.82 Å². The fourth-order valence-electron chi connectivity index (χ4n) is 5.23. The number of aliphatic hydroxyl groups is 1. The van der Waals surface area contributed by atoms with Crippen LogP contribution < -0.4 is 22.5 Å². The van der Waals surface area contributed by atoms with E-state index in [1.807, 2.05) is 0 Å². The first kappa shape index (κ1) is 39.2. The number of H-pyrrole nitrogens is 2. The molecule has 2 aromatic heterocycles. The minimum Gasteiger partial charge on any atom is -0.390 e. The molecular formula is C28H45N4O15PSi. The Morgan fingerprint density at radius 3 is 1.78 bits per heavy atom. The smallest absolute Gasteiger partial charge is 0.390 e. The molecular weight excluding hydrogens is 691 g/mol. The van der Waals surface area contributed by atoms with Crippen LogP contribution in [-0.4, -0.2) is 91.9 Å². The van der Waals surface area contributed by atoms with Gasteiger partial charge < -0.3 is 42.1 Å². The number of rotatable bonds is 12. The number of phosphoric ester groups is 1. The molecule has 2 aromatic rings. The SMILES string of the molecule is Cc1cn([C@H]2C[C@H](O[Si](OC[C@H]3O[C@@H](n4cc(C)c(=O)[nH]c4=O)C[C@@H]3O)(OC(C)(C)C)OC(C)(C)C)[C@@H](COP(=O)(O)O)O2)c(=O)[nH]c1=O. The second kappa shape index (κ2) is 14.6. The molecule has 2 aliphatic heterocycles. The van der Waals surface area contributed by atoms with Gasteiger partial charge in [-0.15, -0.1) is 0 Å². The quantitative estimate of drug-likeness (QED) is 0.144. The molecule has 49 heavy (non-hydrogen) atoms. The Hall–Kier alpha value is -2.59. The summed E-state index contributed by atoms with van der Waals surface area (Å²) in [5.74, 6) is 0. The van der Waals surface area contributed by atoms with Crippen LogP contribution in [0.4, 0.5) is 0 Å². The number of ether oxygens (including phenoxy) is 2. The molecule has 0 spiro atoms. The summed E-state index contributed by atoms with van der Waals surface area (Å²) in [7, 11) is -9.40. The van der Waals surface area contributed by atoms with Gasteiger partial charge in [-0.2, -0.15) is 0 Å². The summed E-state index contributed by atoms with van der Waals surface area (Å²) in [6, 6.07) is 0. The second-order valence-electron chi connectivity index (χ2n) is 13.9. The number of hydrogen-bond donors (Lipinski definition) is 5. The Morgan fingerprint density at radius 2 is 1.31 bits per heavy atom. The predicted molar refractivity (Wildman–Crippen MR) is 171 cm³/mol. The summed E-state index contributed by atoms with van der Waals surface area (Å²) in [5, 5.41) is 10.9. The van der Waals surface area contributed by atoms with Crippen LogP contribution in [0.1, 0.15) is 78.0 Å². The maximum Gasteiger partial charge on any atom is 0.680 e. The minimum absolute atomic E-state index is 0.0116. The van der Waals surface area contributed by atoms with Gasteiger partial charge in [-0.05, 0) is 55.4 Å². The van der Waals surface area contributed by atoms with E-state index in [4.69, 9.17) is 31.7 Å². The van der Waals surface area contributed by atoms with Gasteiger partial charge in [-0.1, -0.05) is 0 Å². The largest absolute Gasteiger partial charge is 0.680 e. The number of aryl methyl sites for hydroxylation is 2. The molecule has 2 saturated heterocycles. The third kappa shape index (κ3) is 10.5. The number of hydrogen-bond acceptors (Lipinski definition) is 13. The zero-order valence-electron chi connectivity index (χ0n) is 28.5. The van der Waals surface area contributed by atoms with E-state index >= 15 is 0 Å². The van der Waals surface area contributed by atoms with Crippen molar-refractivity contribution >= 4 is 16.9 Å². The highest BCUT2D eigenvalue weighted by molar-refractivity contribution is 7.46. The summed E-state index contributed by atoms with van der Waals surface area (Å²) >= 11 is 0. The summed E-state index contributed by atoms with van der Waals surface area (Å²) in [4.78, 5) is 72.4. The molecule has 2 fully saturated rings. The van der Waals surface area contributed by atoms with E-state index < -0.39 is 94.0 Å². The van der Waals surface area contributed by atoms with Crippen LogP contribution in [0.2, 0.25) is 0 Å². The van der Waals surface area contributed by atoms with Crippen LogP contribution in [-0.2, 0) is 36.3 Å². The van der Waals surface area contributed by atoms with Gasteiger partial charge in [0, 0.05) is 36.4 Å². The molecule has 4 heterocycles. The number of aromatic amines is 2. The van der Waals surface area contributed by atoms with E-state index in [2.05, 4.69) is 9.97 Å². The molecule has 2 aliphatic rings. The van der Waals surface area contributed by atoms with E-state index in [9.17, 15) is 38.6 Å². The summed E-state index contributed by atoms with van der Waals surface area (Å²) in [6.07, 6.45) is -3.96. The van der Waals surface area contributed by atoms with Gasteiger partial charge in [0.1, 0.15) is 24.7 Å². The Bertz CT molecular complexity index is 1760. The van der Waals surface area contributed by atoms with E-state index in [1.54, 1.807) is 41.5 Å². The third-order valence-corrected chi connectivity index (χ3v) is 10.6. The van der Waals surface area contributed by atoms with Crippen LogP contribution in [0.3, 0.4) is 0 Å². The number of nitrogens with one attached hydrogen (secondary N) is 2. The van der Waals surface area contributed by atoms with Crippen LogP contribution in [0, 0.1) is 13.8 Å². The minimum atomic E-state index is -4.98. The van der Waals surface area contributed by atoms with Crippen molar-refractivity contribution in [3.8, 4) is 0 Å². The van der Waals surface area contributed by atoms with E-state index in [1.165, 1.54) is 30.8 Å². The van der Waals surface area contributed by atoms with Crippen molar-refractivity contribution < 1.29 is 51.2 Å². The monoisotopic (exact) mass is 736 g/mol. The summed E-state index contributed by atoms with van der Waals surface area (Å²) < 4.78 is 56.3. The standard InChI is InChI=1S/C28H45N4O15PSi/c1-15-11-31(25(36)29-23(15)34)21-9-17(33)19(43-21)14-42-49(46-27(3,4)5,47-28(6,7)8)45-18-10-22(44-20(18)13-41-48(38,39)40)32-12-16(2)24(35)30-26(32)37/h11-12,17-22,33H,9-10,13-14H2,1-8H3,(H,29,34,36)(H,30,35,37)(H2,38,39,40)/t17-,18-,19+,20+,21+,22+/m0/s1. The van der Waals surface area contributed by atoms with Crippen LogP contribution in [0.15, 0.2) is 31.6 Å². The van der Waals surface area contributed by atoms with E-state index in [0.717, 1.165) is 4.57 Å². The maximum atomic E-state index is 12.7. The Kier molecular flexibility index (Phi) is 11.7. The molecule has 0 radical (unpaired) electrons. The Labute approximate surface area is 281 Å². The van der Waals surface area contributed by atoms with Crippen LogP contribution in [0.25, 0.3) is 0 Å². The molecule has 0 saturated carbocycles. The lowest BCUT2D eigenvalue weighted by Gasteiger charge is -2.40. The highest BCUT2D eigenvalue weighted by atomic mass is 31.2. The predicted octanol–water partition coefficient (Wildman–Crippen LogP) is 0.216. The van der Waals surface area contributed by atoms with Crippen molar-refractivity contribution in [1.29, 1.82) is 0 Å². The zero-order valence-corrected chi connectivity index (χ0v) is 30.4. The first-order chi connectivity index (χ1) is 22.4. The molecule has 19 nitrogen and oxygen atoms in total. The fourth-order valence-corrected chi connectivity index (χ4v) is 8.39. The molecule has 276 valence electrons. The lowest BCUT2D eigenvalue weighted by atomic mass is 10.2. The van der Waals surface area contributed by atoms with Gasteiger partial charge >= 0.3 is 28.3 Å². The van der Waals surface area contributed by atoms with E-state index in [-0.39, 0.29) is 30.6 Å². The first-order valence-corrected chi connectivity index (χ1v) is 18.7. The van der Waals surface area contributed by atoms with Crippen molar-refractivity contribution in [2.24, 2.45) is 0 Å². The molecule has 0 amide bonds. The van der Waals surface area contributed by atoms with E-state index in [0.29, 0.717) is 0 Å². The normalized spacial score (nSPS) is 25.3. The topological polar surface area (TPSA) is 252 Å². The highest BCUT2D eigenvalue weighted by Gasteiger charge is 2.57. The fraction of sp³-hybridized carbons (Fsp3) is 0.714. The molecule has 0 aliphatic carbocycles. The summed E-state index contributed by atoms with van der Waals surface area (Å²) in [5.41, 5.74) is -4.08. The van der Waals surface area contributed by atoms with Crippen molar-refractivity contribution in [3.05, 3.63) is 65.2 Å². The van der Waals surface area contributed by atoms with Gasteiger partial charge in [-0.3, -0.25) is 33.2 Å². The third-order valence-electron chi connectivity index (χ3n) is 7.29. The molecule has 0 bridgehead atoms. The summed E-state index contributed by atoms with van der Waals surface area (Å²) in [6.45, 7) is 12.3. The van der Waals surface area contributed by atoms with Crippen molar-refractivity contribution in [3.63, 3.8) is 0 Å². The van der Waals surface area contributed by atoms with Gasteiger partial charge in [0.2, 0.25) is 0 Å². The molecule has 4 rings (SSSR count). The highest BCUT2D eigenvalue weighted by Crippen LogP contribution is 2.40. The van der Waals surface area contributed by atoms with Crippen molar-refractivity contribution in [2.45, 2.75) is 116 Å². The lowest BCUT2D eigenvalue weighted by molar-refractivity contribution is -0.145. The lowest BCUT2D eigenvalue weighted by Crippen LogP contribution is -2.60. The average Bonchev–Trinajstić information content (AvgIpc) is 3.50. The zero-order chi connectivity index (χ0) is 36.7.